The Hall–Kier alpha value is -4.96. The summed E-state index contributed by atoms with van der Waals surface area (Å²) in [6.07, 6.45) is 0.00307. The third kappa shape index (κ3) is 11.5. The van der Waals surface area contributed by atoms with Gasteiger partial charge >= 0.3 is 0 Å². The van der Waals surface area contributed by atoms with Crippen LogP contribution in [-0.4, -0.2) is 92.6 Å². The number of primary sulfonamides is 1. The Morgan fingerprint density at radius 1 is 0.765 bits per heavy atom. The molecule has 51 heavy (non-hydrogen) atoms. The number of nitrogens with two attached hydrogens (primary N) is 2. The zero-order valence-corrected chi connectivity index (χ0v) is 29.1. The van der Waals surface area contributed by atoms with Crippen molar-refractivity contribution >= 4 is 50.7 Å². The van der Waals surface area contributed by atoms with E-state index in [4.69, 9.17) is 16.3 Å². The maximum absolute atomic E-state index is 13.9. The van der Waals surface area contributed by atoms with Gasteiger partial charge in [-0.2, -0.15) is 0 Å². The highest BCUT2D eigenvalue weighted by atomic mass is 32.2. The Bertz CT molecular complexity index is 1840. The van der Waals surface area contributed by atoms with Crippen LogP contribution in [-0.2, 0) is 48.6 Å². The van der Waals surface area contributed by atoms with E-state index in [1.165, 1.54) is 0 Å². The fourth-order valence-electron chi connectivity index (χ4n) is 6.28. The largest absolute Gasteiger partial charge is 0.384 e. The molecular weight excluding hydrogens is 673 g/mol. The number of rotatable bonds is 6. The summed E-state index contributed by atoms with van der Waals surface area (Å²) in [7, 11) is -4.05. The molecule has 6 aliphatic rings. The van der Waals surface area contributed by atoms with Crippen molar-refractivity contribution in [2.75, 3.05) is 55.7 Å². The second-order valence-electron chi connectivity index (χ2n) is 13.2. The highest BCUT2D eigenvalue weighted by Crippen LogP contribution is 2.22. The normalized spacial score (nSPS) is 22.1. The van der Waals surface area contributed by atoms with E-state index < -0.39 is 39.3 Å². The van der Waals surface area contributed by atoms with Crippen LogP contribution in [0.5, 0.6) is 0 Å². The number of hydrogen-bond acceptors (Lipinski definition) is 9. The molecule has 8 N–H and O–H groups in total. The van der Waals surface area contributed by atoms with Crippen LogP contribution in [0, 0.1) is 17.2 Å². The summed E-state index contributed by atoms with van der Waals surface area (Å²) in [4.78, 5) is 57.2. The minimum absolute atomic E-state index is 0.0685. The number of amides is 3. The first-order chi connectivity index (χ1) is 24.3. The summed E-state index contributed by atoms with van der Waals surface area (Å²) in [5, 5.41) is 21.7. The summed E-state index contributed by atoms with van der Waals surface area (Å²) < 4.78 is 24.5. The van der Waals surface area contributed by atoms with E-state index in [0.717, 1.165) is 11.1 Å². The number of benzene rings is 3. The molecule has 0 spiro atoms. The molecule has 0 aliphatic carbocycles. The van der Waals surface area contributed by atoms with Crippen LogP contribution in [0.3, 0.4) is 0 Å². The fourth-order valence-corrected chi connectivity index (χ4v) is 7.14. The Balaban J connectivity index is 1.39. The van der Waals surface area contributed by atoms with Crippen LogP contribution < -0.4 is 26.8 Å². The van der Waals surface area contributed by atoms with Gasteiger partial charge in [0.15, 0.2) is 0 Å². The predicted octanol–water partition coefficient (Wildman–Crippen LogP) is 1.06. The highest BCUT2D eigenvalue weighted by Gasteiger charge is 2.30. The Kier molecular flexibility index (Phi) is 12.3. The number of fused-ring (bicyclic) bond motifs is 1. The number of carbonyl (C=O) groups excluding carboxylic acids is 4. The minimum atomic E-state index is -4.05. The number of amidine groups is 1. The van der Waals surface area contributed by atoms with Crippen LogP contribution in [0.4, 0.5) is 11.4 Å². The van der Waals surface area contributed by atoms with Gasteiger partial charge in [0.1, 0.15) is 11.6 Å². The standard InChI is InChI=1S/C36H44N8O6S/c37-35(38)27-7-1-26(2-8-27)20-40-36(48)28-17-24-3-9-30(10-4-24)41-33(46)21-43-13-15-44(16-14-43)22-34(47)42-31-11-5-25(6-12-31)18-29(32(45)19-28)23-51(39,49)50/h1-12,28-29H,13-23H2,(H3,37,38)(H,40,48)(H,41,46)(H,42,47)(H2,39,49,50)/t28-,29+/m1/s1. The molecule has 3 aromatic rings. The number of sulfonamides is 1. The van der Waals surface area contributed by atoms with Gasteiger partial charge in [0.25, 0.3) is 0 Å². The Labute approximate surface area is 297 Å². The molecular formula is C36H44N8O6S. The van der Waals surface area contributed by atoms with Crippen molar-refractivity contribution in [1.82, 2.24) is 15.1 Å². The summed E-state index contributed by atoms with van der Waals surface area (Å²) in [6.45, 7) is 3.10. The van der Waals surface area contributed by atoms with Crippen molar-refractivity contribution in [2.45, 2.75) is 25.8 Å². The van der Waals surface area contributed by atoms with E-state index >= 15 is 0 Å². The van der Waals surface area contributed by atoms with E-state index in [9.17, 15) is 27.6 Å². The second-order valence-corrected chi connectivity index (χ2v) is 14.8. The fraction of sp³-hybridized carbons (Fsp3) is 0.361. The van der Waals surface area contributed by atoms with E-state index in [0.29, 0.717) is 48.7 Å². The molecule has 0 unspecified atom stereocenters. The van der Waals surface area contributed by atoms with E-state index in [-0.39, 0.29) is 56.5 Å². The monoisotopic (exact) mass is 716 g/mol. The molecule has 15 heteroatoms. The van der Waals surface area contributed by atoms with Crippen LogP contribution in [0.25, 0.3) is 0 Å². The summed E-state index contributed by atoms with van der Waals surface area (Å²) in [6, 6.07) is 20.7. The number of ketones is 1. The molecule has 3 aromatic carbocycles. The number of nitrogens with one attached hydrogen (secondary N) is 4. The van der Waals surface area contributed by atoms with Crippen molar-refractivity contribution in [2.24, 2.45) is 22.7 Å². The van der Waals surface area contributed by atoms with Crippen LogP contribution in [0.15, 0.2) is 72.8 Å². The molecule has 1 fully saturated rings. The third-order valence-electron chi connectivity index (χ3n) is 9.08. The average Bonchev–Trinajstić information content (AvgIpc) is 3.08. The van der Waals surface area contributed by atoms with Crippen LogP contribution >= 0.6 is 0 Å². The van der Waals surface area contributed by atoms with Crippen LogP contribution in [0.2, 0.25) is 0 Å². The number of piperazine rings is 1. The number of anilines is 2. The summed E-state index contributed by atoms with van der Waals surface area (Å²) in [5.74, 6) is -3.72. The van der Waals surface area contributed by atoms with Crippen molar-refractivity contribution in [1.29, 1.82) is 5.41 Å². The van der Waals surface area contributed by atoms with Gasteiger partial charge in [-0.3, -0.25) is 34.4 Å². The third-order valence-corrected chi connectivity index (χ3v) is 9.94. The first kappa shape index (κ1) is 37.3. The molecule has 6 bridgehead atoms. The van der Waals surface area contributed by atoms with E-state index in [1.54, 1.807) is 72.8 Å². The molecule has 2 atom stereocenters. The molecule has 14 nitrogen and oxygen atoms in total. The average molecular weight is 717 g/mol. The Morgan fingerprint density at radius 3 is 1.73 bits per heavy atom. The van der Waals surface area contributed by atoms with Crippen molar-refractivity contribution < 1.29 is 27.6 Å². The smallest absolute Gasteiger partial charge is 0.238 e. The van der Waals surface area contributed by atoms with Gasteiger partial charge in [0.05, 0.1) is 18.8 Å². The van der Waals surface area contributed by atoms with Gasteiger partial charge in [-0.25, -0.2) is 13.6 Å². The van der Waals surface area contributed by atoms with Crippen LogP contribution in [0.1, 0.15) is 28.7 Å². The molecule has 0 radical (unpaired) electrons. The SMILES string of the molecule is N=C(N)c1ccc(CNC(=O)[C@H]2CC(=O)[C@H](CS(N)(=O)=O)Cc3ccc(cc3)NC(=O)CN3CCN(CC3)CC(=O)Nc3ccc(cc3)C2)cc1. The molecule has 1 saturated heterocycles. The van der Waals surface area contributed by atoms with E-state index in [2.05, 4.69) is 16.0 Å². The molecule has 270 valence electrons. The van der Waals surface area contributed by atoms with Gasteiger partial charge in [0, 0.05) is 67.9 Å². The zero-order chi connectivity index (χ0) is 36.5. The first-order valence-electron chi connectivity index (χ1n) is 16.8. The molecule has 0 aromatic heterocycles. The van der Waals surface area contributed by atoms with E-state index in [1.807, 2.05) is 9.80 Å². The number of carbonyl (C=O) groups is 4. The van der Waals surface area contributed by atoms with Crippen molar-refractivity contribution in [3.63, 3.8) is 0 Å². The molecule has 9 rings (SSSR count). The zero-order valence-electron chi connectivity index (χ0n) is 28.3. The summed E-state index contributed by atoms with van der Waals surface area (Å²) in [5.41, 5.74) is 9.42. The predicted molar refractivity (Wildman–Crippen MR) is 194 cm³/mol. The number of Topliss-reactive ketones (excluding diaryl/α,β-unsaturated/α-hetero) is 1. The molecule has 6 heterocycles. The molecule has 3 amide bonds. The Morgan fingerprint density at radius 2 is 1.25 bits per heavy atom. The van der Waals surface area contributed by atoms with Gasteiger partial charge in [0.2, 0.25) is 27.7 Å². The lowest BCUT2D eigenvalue weighted by atomic mass is 9.87. The maximum Gasteiger partial charge on any atom is 0.238 e. The number of nitrogens with zero attached hydrogens (tertiary/aromatic N) is 2. The van der Waals surface area contributed by atoms with Gasteiger partial charge in [-0.05, 0) is 53.8 Å². The lowest BCUT2D eigenvalue weighted by molar-refractivity contribution is -0.130. The van der Waals surface area contributed by atoms with Crippen molar-refractivity contribution in [3.8, 4) is 0 Å². The first-order valence-corrected chi connectivity index (χ1v) is 18.5. The molecule has 6 aliphatic heterocycles. The summed E-state index contributed by atoms with van der Waals surface area (Å²) >= 11 is 0. The van der Waals surface area contributed by atoms with Crippen molar-refractivity contribution in [3.05, 3.63) is 95.1 Å². The number of hydrogen-bond donors (Lipinski definition) is 6. The quantitative estimate of drug-likeness (QED) is 0.158. The van der Waals surface area contributed by atoms with Gasteiger partial charge < -0.3 is 21.7 Å². The minimum Gasteiger partial charge on any atom is -0.384 e. The van der Waals surface area contributed by atoms with Gasteiger partial charge in [-0.15, -0.1) is 0 Å². The highest BCUT2D eigenvalue weighted by molar-refractivity contribution is 7.89. The van der Waals surface area contributed by atoms with Gasteiger partial charge in [-0.1, -0.05) is 48.5 Å². The number of nitrogen functional groups attached to an aromatic ring is 1. The lowest BCUT2D eigenvalue weighted by Crippen LogP contribution is -2.50. The second kappa shape index (κ2) is 16.8. The topological polar surface area (TPSA) is 221 Å². The maximum atomic E-state index is 13.9. The lowest BCUT2D eigenvalue weighted by Gasteiger charge is -2.33. The molecule has 0 saturated carbocycles.